The molecule has 54 heavy (non-hydrogen) atoms. The summed E-state index contributed by atoms with van der Waals surface area (Å²) in [6, 6.07) is 49.8. The topological polar surface area (TPSA) is 51.8 Å². The number of rotatable bonds is 5. The smallest absolute Gasteiger partial charge is 0.164 e. The summed E-state index contributed by atoms with van der Waals surface area (Å²) in [6.07, 6.45) is 0. The number of hydrogen-bond donors (Lipinski definition) is 0. The van der Waals surface area contributed by atoms with Gasteiger partial charge in [-0.2, -0.15) is 0 Å². The lowest BCUT2D eigenvalue weighted by atomic mass is 9.91. The summed E-state index contributed by atoms with van der Waals surface area (Å²) < 4.78 is 44.6. The van der Waals surface area contributed by atoms with Crippen molar-refractivity contribution in [3.63, 3.8) is 0 Å². The Morgan fingerprint density at radius 2 is 1.17 bits per heavy atom. The summed E-state index contributed by atoms with van der Waals surface area (Å²) >= 11 is 1.61. The van der Waals surface area contributed by atoms with Gasteiger partial charge in [0, 0.05) is 53.2 Å². The average Bonchev–Trinajstić information content (AvgIpc) is 3.81. The fourth-order valence-corrected chi connectivity index (χ4v) is 8.63. The highest BCUT2D eigenvalue weighted by atomic mass is 32.1. The molecule has 5 heteroatoms. The first-order valence-electron chi connectivity index (χ1n) is 19.7. The Balaban J connectivity index is 1.19. The van der Waals surface area contributed by atoms with Crippen LogP contribution in [0.5, 0.6) is 0 Å². The molecule has 0 fully saturated rings. The number of furan rings is 1. The molecule has 11 aromatic rings. The summed E-state index contributed by atoms with van der Waals surface area (Å²) in [7, 11) is 0. The van der Waals surface area contributed by atoms with Crippen molar-refractivity contribution in [1.82, 2.24) is 15.0 Å². The maximum absolute atomic E-state index is 9.74. The minimum Gasteiger partial charge on any atom is -0.455 e. The summed E-state index contributed by atoms with van der Waals surface area (Å²) in [6.45, 7) is 0. The van der Waals surface area contributed by atoms with Gasteiger partial charge in [-0.25, -0.2) is 15.0 Å². The predicted molar refractivity (Wildman–Crippen MR) is 225 cm³/mol. The highest BCUT2D eigenvalue weighted by molar-refractivity contribution is 7.25. The van der Waals surface area contributed by atoms with Gasteiger partial charge in [0.1, 0.15) is 11.2 Å². The molecule has 0 N–H and O–H groups in total. The molecule has 0 atom stereocenters. The molecule has 3 aromatic heterocycles. The number of aromatic nitrogens is 3. The number of fused-ring (bicyclic) bond motifs is 7. The Bertz CT molecular complexity index is 3470. The molecule has 0 aliphatic rings. The first-order valence-corrected chi connectivity index (χ1v) is 18.5. The Kier molecular flexibility index (Phi) is 6.11. The van der Waals surface area contributed by atoms with E-state index in [0.29, 0.717) is 57.4 Å². The summed E-state index contributed by atoms with van der Waals surface area (Å²) in [4.78, 5) is 15.3. The lowest BCUT2D eigenvalue weighted by Crippen LogP contribution is -2.01. The van der Waals surface area contributed by atoms with E-state index in [-0.39, 0.29) is 12.1 Å². The van der Waals surface area contributed by atoms with Gasteiger partial charge in [-0.3, -0.25) is 0 Å². The van der Waals surface area contributed by atoms with Crippen molar-refractivity contribution >= 4 is 64.2 Å². The number of hydrogen-bond acceptors (Lipinski definition) is 5. The molecular weight excluding hydrogens is 679 g/mol. The van der Waals surface area contributed by atoms with Gasteiger partial charge in [-0.1, -0.05) is 145 Å². The molecule has 3 heterocycles. The Morgan fingerprint density at radius 3 is 2.06 bits per heavy atom. The van der Waals surface area contributed by atoms with Crippen LogP contribution in [0.4, 0.5) is 0 Å². The molecule has 252 valence electrons. The molecule has 0 amide bonds. The average molecular weight is 712 g/mol. The van der Waals surface area contributed by atoms with Crippen LogP contribution in [-0.2, 0) is 0 Å². The Labute approximate surface area is 320 Å². The normalized spacial score (nSPS) is 12.7. The first kappa shape index (κ1) is 26.8. The lowest BCUT2D eigenvalue weighted by molar-refractivity contribution is 0.670. The summed E-state index contributed by atoms with van der Waals surface area (Å²) in [5.41, 5.74) is 6.37. The van der Waals surface area contributed by atoms with Gasteiger partial charge in [0.25, 0.3) is 0 Å². The van der Waals surface area contributed by atoms with E-state index in [2.05, 4.69) is 30.3 Å². The van der Waals surface area contributed by atoms with Crippen LogP contribution in [0, 0.1) is 0 Å². The minimum atomic E-state index is 0.266. The van der Waals surface area contributed by atoms with Crippen LogP contribution < -0.4 is 0 Å². The van der Waals surface area contributed by atoms with Crippen molar-refractivity contribution < 1.29 is 9.90 Å². The van der Waals surface area contributed by atoms with E-state index < -0.39 is 0 Å². The van der Waals surface area contributed by atoms with Crippen LogP contribution in [0.25, 0.3) is 109 Å². The number of thiophene rings is 1. The molecule has 0 aliphatic carbocycles. The molecule has 4 nitrogen and oxygen atoms in total. The van der Waals surface area contributed by atoms with E-state index in [4.69, 9.17) is 22.1 Å². The maximum Gasteiger partial charge on any atom is 0.164 e. The molecule has 0 unspecified atom stereocenters. The van der Waals surface area contributed by atoms with E-state index in [1.54, 1.807) is 35.6 Å². The molecule has 0 spiro atoms. The fraction of sp³-hybridized carbons (Fsp3) is 0. The van der Waals surface area contributed by atoms with Crippen LogP contribution in [-0.4, -0.2) is 15.0 Å². The molecule has 0 bridgehead atoms. The molecule has 0 aliphatic heterocycles. The van der Waals surface area contributed by atoms with Crippen molar-refractivity contribution in [3.05, 3.63) is 176 Å². The zero-order chi connectivity index (χ0) is 39.1. The van der Waals surface area contributed by atoms with Crippen molar-refractivity contribution in [2.45, 2.75) is 0 Å². The molecule has 8 aromatic carbocycles. The highest BCUT2D eigenvalue weighted by Gasteiger charge is 2.22. The monoisotopic (exact) mass is 711 g/mol. The Hall–Kier alpha value is -6.95. The third-order valence-electron chi connectivity index (χ3n) is 10.0. The van der Waals surface area contributed by atoms with Crippen molar-refractivity contribution in [3.8, 4) is 56.4 Å². The van der Waals surface area contributed by atoms with E-state index in [9.17, 15) is 2.74 Å². The number of nitrogens with zero attached hydrogens (tertiary/aromatic N) is 3. The van der Waals surface area contributed by atoms with Gasteiger partial charge in [0.2, 0.25) is 0 Å². The van der Waals surface area contributed by atoms with E-state index in [1.807, 2.05) is 97.1 Å². The second kappa shape index (κ2) is 12.3. The van der Waals surface area contributed by atoms with Gasteiger partial charge >= 0.3 is 0 Å². The van der Waals surface area contributed by atoms with Gasteiger partial charge in [0.05, 0.1) is 5.48 Å². The standard InChI is InChI=1S/C49H29N3OS/c1-2-14-31(15-3-1)47-50-48(52-49(51-47)40-21-12-24-43-44(40)39-20-9-11-23-42(39)54-43)37-18-7-6-17-35(37)36-28-27-34(33-26-25-30-13-4-5-16-32(30)29-33)46-45(36)38-19-8-10-22-41(38)53-46/h1-29H/i8D,9D,21D,28D. The Morgan fingerprint density at radius 1 is 0.444 bits per heavy atom. The van der Waals surface area contributed by atoms with Crippen LogP contribution in [0.2, 0.25) is 0 Å². The van der Waals surface area contributed by atoms with Crippen LogP contribution >= 0.6 is 11.3 Å². The second-order valence-electron chi connectivity index (χ2n) is 13.2. The van der Waals surface area contributed by atoms with Crippen LogP contribution in [0.1, 0.15) is 5.48 Å². The molecular formula is C49H29N3OS. The van der Waals surface area contributed by atoms with Crippen molar-refractivity contribution in [2.75, 3.05) is 0 Å². The third kappa shape index (κ3) is 4.94. The molecule has 0 saturated carbocycles. The second-order valence-corrected chi connectivity index (χ2v) is 14.3. The van der Waals surface area contributed by atoms with Crippen molar-refractivity contribution in [2.24, 2.45) is 0 Å². The van der Waals surface area contributed by atoms with Gasteiger partial charge in [-0.05, 0) is 57.8 Å². The zero-order valence-electron chi connectivity index (χ0n) is 32.6. The van der Waals surface area contributed by atoms with E-state index in [1.165, 1.54) is 0 Å². The summed E-state index contributed by atoms with van der Waals surface area (Å²) in [5.74, 6) is 1.18. The molecule has 0 saturated heterocycles. The first-order chi connectivity index (χ1) is 28.4. The minimum absolute atomic E-state index is 0.266. The molecule has 0 radical (unpaired) electrons. The SMILES string of the molecule is [2H]c1ccc2sc3ccc([2H])c(-c4nc(-c5ccccc5)nc(-c5ccccc5-c5c([2H])cc(-c6ccc7ccccc7c6)c6oc7ccc([2H])cc7c56)n4)c3c2c1. The van der Waals surface area contributed by atoms with Crippen molar-refractivity contribution in [1.29, 1.82) is 0 Å². The van der Waals surface area contributed by atoms with E-state index >= 15 is 0 Å². The fourth-order valence-electron chi connectivity index (χ4n) is 7.54. The largest absolute Gasteiger partial charge is 0.455 e. The zero-order valence-corrected chi connectivity index (χ0v) is 29.4. The van der Waals surface area contributed by atoms with Gasteiger partial charge in [-0.15, -0.1) is 11.3 Å². The maximum atomic E-state index is 9.74. The third-order valence-corrected chi connectivity index (χ3v) is 11.2. The summed E-state index contributed by atoms with van der Waals surface area (Å²) in [5, 5.41) is 5.40. The molecule has 11 rings (SSSR count). The van der Waals surface area contributed by atoms with Crippen LogP contribution in [0.15, 0.2) is 180 Å². The van der Waals surface area contributed by atoms with Gasteiger partial charge < -0.3 is 4.42 Å². The predicted octanol–water partition coefficient (Wildman–Crippen LogP) is 13.6. The lowest BCUT2D eigenvalue weighted by Gasteiger charge is -2.14. The number of benzene rings is 8. The number of para-hydroxylation sites is 1. The quantitative estimate of drug-likeness (QED) is 0.178. The highest BCUT2D eigenvalue weighted by Crippen LogP contribution is 2.45. The van der Waals surface area contributed by atoms with Crippen LogP contribution in [0.3, 0.4) is 0 Å². The van der Waals surface area contributed by atoms with Gasteiger partial charge in [0.15, 0.2) is 17.5 Å². The van der Waals surface area contributed by atoms with E-state index in [0.717, 1.165) is 64.0 Å².